The van der Waals surface area contributed by atoms with E-state index in [-0.39, 0.29) is 12.3 Å². The highest BCUT2D eigenvalue weighted by Gasteiger charge is 2.17. The number of nitrogens with zero attached hydrogens (tertiary/aromatic N) is 3. The molecule has 9 heteroatoms. The van der Waals surface area contributed by atoms with Crippen LogP contribution in [0.25, 0.3) is 0 Å². The van der Waals surface area contributed by atoms with E-state index < -0.39 is 6.61 Å². The highest BCUT2D eigenvalue weighted by atomic mass is 19.3. The molecule has 32 heavy (non-hydrogen) atoms. The Hall–Kier alpha value is -3.10. The second-order valence-electron chi connectivity index (χ2n) is 7.83. The largest absolute Gasteiger partial charge is 0.497 e. The van der Waals surface area contributed by atoms with Gasteiger partial charge in [0.2, 0.25) is 0 Å². The molecule has 2 N–H and O–H groups in total. The van der Waals surface area contributed by atoms with Gasteiger partial charge in [0.15, 0.2) is 5.96 Å². The Bertz CT molecular complexity index is 884. The number of rotatable bonds is 8. The molecule has 0 amide bonds. The van der Waals surface area contributed by atoms with Crippen molar-refractivity contribution in [2.45, 2.75) is 39.5 Å². The Balaban J connectivity index is 1.54. The second kappa shape index (κ2) is 11.5. The summed E-state index contributed by atoms with van der Waals surface area (Å²) in [6, 6.07) is 8.80. The van der Waals surface area contributed by atoms with Crippen molar-refractivity contribution in [1.29, 1.82) is 0 Å². The van der Waals surface area contributed by atoms with Crippen molar-refractivity contribution >= 4 is 11.8 Å². The summed E-state index contributed by atoms with van der Waals surface area (Å²) in [4.78, 5) is 11.1. The zero-order valence-corrected chi connectivity index (χ0v) is 18.8. The molecule has 1 aliphatic heterocycles. The summed E-state index contributed by atoms with van der Waals surface area (Å²) in [6.45, 7) is 2.25. The molecule has 2 heterocycles. The van der Waals surface area contributed by atoms with Gasteiger partial charge in [0.25, 0.3) is 0 Å². The number of pyridine rings is 1. The van der Waals surface area contributed by atoms with Crippen LogP contribution < -0.4 is 25.0 Å². The Morgan fingerprint density at radius 1 is 1.19 bits per heavy atom. The second-order valence-corrected chi connectivity index (χ2v) is 7.83. The number of hydrogen-bond acceptors (Lipinski definition) is 5. The van der Waals surface area contributed by atoms with Crippen LogP contribution in [0.4, 0.5) is 14.6 Å². The molecular formula is C23H31F2N5O2. The maximum atomic E-state index is 12.7. The van der Waals surface area contributed by atoms with Gasteiger partial charge in [-0.05, 0) is 48.6 Å². The number of nitrogens with one attached hydrogen (secondary N) is 2. The molecule has 1 aromatic heterocycles. The third-order valence-electron chi connectivity index (χ3n) is 5.53. The fourth-order valence-corrected chi connectivity index (χ4v) is 3.56. The van der Waals surface area contributed by atoms with Gasteiger partial charge in [0.05, 0.1) is 7.11 Å². The van der Waals surface area contributed by atoms with Crippen LogP contribution in [0.1, 0.15) is 30.9 Å². The first-order valence-corrected chi connectivity index (χ1v) is 10.7. The Labute approximate surface area is 187 Å². The molecule has 1 saturated heterocycles. The number of alkyl halides is 2. The zero-order valence-electron chi connectivity index (χ0n) is 18.8. The third-order valence-corrected chi connectivity index (χ3v) is 5.53. The van der Waals surface area contributed by atoms with Crippen LogP contribution in [0.5, 0.6) is 11.5 Å². The summed E-state index contributed by atoms with van der Waals surface area (Å²) in [6.07, 6.45) is 4.26. The summed E-state index contributed by atoms with van der Waals surface area (Å²) in [5.41, 5.74) is 1.56. The molecule has 0 spiro atoms. The van der Waals surface area contributed by atoms with Crippen molar-refractivity contribution in [1.82, 2.24) is 15.6 Å². The van der Waals surface area contributed by atoms with Crippen molar-refractivity contribution in [3.05, 3.63) is 47.7 Å². The van der Waals surface area contributed by atoms with Crippen molar-refractivity contribution in [2.75, 3.05) is 32.1 Å². The van der Waals surface area contributed by atoms with Gasteiger partial charge in [-0.15, -0.1) is 0 Å². The van der Waals surface area contributed by atoms with E-state index in [1.807, 2.05) is 12.3 Å². The normalized spacial score (nSPS) is 15.1. The number of piperidine rings is 1. The fourth-order valence-electron chi connectivity index (χ4n) is 3.56. The highest BCUT2D eigenvalue weighted by molar-refractivity contribution is 5.79. The van der Waals surface area contributed by atoms with Crippen LogP contribution in [0.3, 0.4) is 0 Å². The first kappa shape index (κ1) is 23.6. The van der Waals surface area contributed by atoms with E-state index in [9.17, 15) is 8.78 Å². The van der Waals surface area contributed by atoms with E-state index in [0.29, 0.717) is 23.8 Å². The van der Waals surface area contributed by atoms with E-state index in [1.54, 1.807) is 19.2 Å². The van der Waals surface area contributed by atoms with Gasteiger partial charge in [0.1, 0.15) is 17.3 Å². The van der Waals surface area contributed by atoms with E-state index in [1.165, 1.54) is 26.0 Å². The molecule has 174 valence electrons. The lowest BCUT2D eigenvalue weighted by molar-refractivity contribution is -0.0505. The smallest absolute Gasteiger partial charge is 0.387 e. The molecule has 0 unspecified atom stereocenters. The fraction of sp³-hybridized carbons (Fsp3) is 0.478. The summed E-state index contributed by atoms with van der Waals surface area (Å²) in [7, 11) is 3.17. The van der Waals surface area contributed by atoms with Gasteiger partial charge in [-0.3, -0.25) is 4.99 Å². The molecule has 1 fully saturated rings. The number of halogens is 2. The summed E-state index contributed by atoms with van der Waals surface area (Å²) >= 11 is 0. The van der Waals surface area contributed by atoms with Crippen molar-refractivity contribution in [3.63, 3.8) is 0 Å². The van der Waals surface area contributed by atoms with Crippen LogP contribution >= 0.6 is 0 Å². The monoisotopic (exact) mass is 447 g/mol. The third kappa shape index (κ3) is 6.70. The number of aliphatic imine (C=N–C) groups is 1. The number of aromatic nitrogens is 1. The quantitative estimate of drug-likeness (QED) is 0.474. The lowest BCUT2D eigenvalue weighted by Crippen LogP contribution is -2.36. The highest BCUT2D eigenvalue weighted by Crippen LogP contribution is 2.25. The number of methoxy groups -OCH3 is 1. The minimum Gasteiger partial charge on any atom is -0.497 e. The van der Waals surface area contributed by atoms with Crippen LogP contribution in [-0.4, -0.2) is 44.8 Å². The SMILES string of the molecule is CN=C(NCc1ccc(N2CCC(C)CC2)nc1)NCc1cc(OC)ccc1OC(F)F. The summed E-state index contributed by atoms with van der Waals surface area (Å²) in [5.74, 6) is 2.97. The van der Waals surface area contributed by atoms with Crippen LogP contribution in [0, 0.1) is 5.92 Å². The number of ether oxygens (including phenoxy) is 2. The lowest BCUT2D eigenvalue weighted by atomic mass is 9.99. The average Bonchev–Trinajstić information content (AvgIpc) is 2.80. The first-order valence-electron chi connectivity index (χ1n) is 10.7. The van der Waals surface area contributed by atoms with Gasteiger partial charge in [-0.1, -0.05) is 13.0 Å². The zero-order chi connectivity index (χ0) is 22.9. The van der Waals surface area contributed by atoms with E-state index >= 15 is 0 Å². The molecule has 0 saturated carbocycles. The van der Waals surface area contributed by atoms with E-state index in [0.717, 1.165) is 30.4 Å². The maximum Gasteiger partial charge on any atom is 0.387 e. The van der Waals surface area contributed by atoms with Gasteiger partial charge >= 0.3 is 6.61 Å². The molecule has 0 aliphatic carbocycles. The first-order chi connectivity index (χ1) is 15.5. The average molecular weight is 448 g/mol. The molecule has 7 nitrogen and oxygen atoms in total. The molecule has 0 bridgehead atoms. The Morgan fingerprint density at radius 3 is 2.56 bits per heavy atom. The van der Waals surface area contributed by atoms with E-state index in [2.05, 4.69) is 43.2 Å². The Kier molecular flexibility index (Phi) is 8.47. The number of benzene rings is 1. The van der Waals surface area contributed by atoms with E-state index in [4.69, 9.17) is 4.74 Å². The van der Waals surface area contributed by atoms with Crippen LogP contribution in [0.15, 0.2) is 41.5 Å². The summed E-state index contributed by atoms with van der Waals surface area (Å²) < 4.78 is 35.2. The van der Waals surface area contributed by atoms with Crippen molar-refractivity contribution < 1.29 is 18.3 Å². The molecule has 1 aliphatic rings. The predicted molar refractivity (Wildman–Crippen MR) is 122 cm³/mol. The summed E-state index contributed by atoms with van der Waals surface area (Å²) in [5, 5.41) is 6.33. The molecule has 0 atom stereocenters. The van der Waals surface area contributed by atoms with Gasteiger partial charge in [-0.2, -0.15) is 8.78 Å². The Morgan fingerprint density at radius 2 is 1.94 bits per heavy atom. The minimum atomic E-state index is -2.90. The molecule has 2 aromatic rings. The molecule has 1 aromatic carbocycles. The lowest BCUT2D eigenvalue weighted by Gasteiger charge is -2.31. The molecular weight excluding hydrogens is 416 g/mol. The standard InChI is InChI=1S/C23H31F2N5O2/c1-16-8-10-30(11-9-16)21-7-4-17(13-27-21)14-28-23(26-2)29-15-18-12-19(31-3)5-6-20(18)32-22(24)25/h4-7,12-13,16,22H,8-11,14-15H2,1-3H3,(H2,26,28,29). The predicted octanol–water partition coefficient (Wildman–Crippen LogP) is 3.79. The van der Waals surface area contributed by atoms with Gasteiger partial charge in [0, 0.05) is 45.0 Å². The number of guanidine groups is 1. The van der Waals surface area contributed by atoms with Gasteiger partial charge < -0.3 is 25.0 Å². The minimum absolute atomic E-state index is 0.0932. The molecule has 0 radical (unpaired) electrons. The van der Waals surface area contributed by atoms with Crippen molar-refractivity contribution in [2.24, 2.45) is 10.9 Å². The van der Waals surface area contributed by atoms with Crippen molar-refractivity contribution in [3.8, 4) is 11.5 Å². The number of anilines is 1. The van der Waals surface area contributed by atoms with Crippen LogP contribution in [-0.2, 0) is 13.1 Å². The number of hydrogen-bond donors (Lipinski definition) is 2. The topological polar surface area (TPSA) is 71.0 Å². The van der Waals surface area contributed by atoms with Crippen LogP contribution in [0.2, 0.25) is 0 Å². The molecule has 3 rings (SSSR count). The van der Waals surface area contributed by atoms with Gasteiger partial charge in [-0.25, -0.2) is 4.98 Å². The maximum absolute atomic E-state index is 12.7.